The van der Waals surface area contributed by atoms with Gasteiger partial charge in [-0.3, -0.25) is 4.79 Å². The van der Waals surface area contributed by atoms with Crippen molar-refractivity contribution in [3.05, 3.63) is 35.6 Å². The number of hydrogen-bond acceptors (Lipinski definition) is 2. The Kier molecular flexibility index (Phi) is 2.58. The molecule has 1 aromatic carbocycles. The number of carbonyl (C=O) groups excluding carboxylic acids is 1. The van der Waals surface area contributed by atoms with Crippen molar-refractivity contribution in [2.75, 3.05) is 0 Å². The van der Waals surface area contributed by atoms with Crippen LogP contribution in [0.15, 0.2) is 28.7 Å². The van der Waals surface area contributed by atoms with E-state index >= 15 is 0 Å². The minimum Gasteiger partial charge on any atom is -0.460 e. The second kappa shape index (κ2) is 3.89. The van der Waals surface area contributed by atoms with Gasteiger partial charge >= 0.3 is 0 Å². The smallest absolute Gasteiger partial charge is 0.166 e. The maximum absolute atomic E-state index is 11.8. The number of hydrogen-bond donors (Lipinski definition) is 0. The average Bonchev–Trinajstić information content (AvgIpc) is 2.66. The first-order valence-corrected chi connectivity index (χ1v) is 5.31. The van der Waals surface area contributed by atoms with Crippen molar-refractivity contribution >= 4 is 16.8 Å². The Labute approximate surface area is 88.9 Å². The monoisotopic (exact) mass is 202 g/mol. The van der Waals surface area contributed by atoms with Crippen molar-refractivity contribution in [3.63, 3.8) is 0 Å². The molecule has 0 N–H and O–H groups in total. The molecule has 1 aromatic heterocycles. The predicted molar refractivity (Wildman–Crippen MR) is 60.2 cm³/mol. The van der Waals surface area contributed by atoms with Crippen LogP contribution in [0.4, 0.5) is 0 Å². The number of rotatable bonds is 3. The van der Waals surface area contributed by atoms with Crippen LogP contribution in [0, 0.1) is 0 Å². The fourth-order valence-corrected chi connectivity index (χ4v) is 1.83. The van der Waals surface area contributed by atoms with Gasteiger partial charge in [-0.05, 0) is 6.07 Å². The summed E-state index contributed by atoms with van der Waals surface area (Å²) in [5, 5.41) is 0.946. The Balaban J connectivity index is 2.72. The highest BCUT2D eigenvalue weighted by molar-refractivity contribution is 6.08. The number of carbonyl (C=O) groups is 1. The number of aryl methyl sites for hydroxylation is 1. The lowest BCUT2D eigenvalue weighted by Crippen LogP contribution is -1.98. The number of benzene rings is 1. The number of ketones is 1. The van der Waals surface area contributed by atoms with Crippen LogP contribution < -0.4 is 0 Å². The highest BCUT2D eigenvalue weighted by Crippen LogP contribution is 2.27. The van der Waals surface area contributed by atoms with Crippen molar-refractivity contribution in [2.45, 2.75) is 26.7 Å². The molecule has 15 heavy (non-hydrogen) atoms. The molecular weight excluding hydrogens is 188 g/mol. The van der Waals surface area contributed by atoms with Crippen LogP contribution in [0.1, 0.15) is 36.4 Å². The van der Waals surface area contributed by atoms with Gasteiger partial charge in [-0.1, -0.05) is 32.0 Å². The molecule has 0 aliphatic heterocycles. The molecule has 0 aliphatic carbocycles. The zero-order valence-corrected chi connectivity index (χ0v) is 9.04. The van der Waals surface area contributed by atoms with Crippen LogP contribution in [0.3, 0.4) is 0 Å². The molecule has 0 fully saturated rings. The van der Waals surface area contributed by atoms with Crippen molar-refractivity contribution in [3.8, 4) is 0 Å². The van der Waals surface area contributed by atoms with Crippen molar-refractivity contribution in [2.24, 2.45) is 0 Å². The van der Waals surface area contributed by atoms with Crippen molar-refractivity contribution < 1.29 is 9.21 Å². The third-order valence-electron chi connectivity index (χ3n) is 2.59. The Morgan fingerprint density at radius 1 is 1.27 bits per heavy atom. The molecule has 1 heterocycles. The number of fused-ring (bicyclic) bond motifs is 1. The summed E-state index contributed by atoms with van der Waals surface area (Å²) in [6.07, 6.45) is 1.28. The van der Waals surface area contributed by atoms with Crippen LogP contribution in [-0.2, 0) is 6.42 Å². The van der Waals surface area contributed by atoms with E-state index in [9.17, 15) is 4.79 Å². The summed E-state index contributed by atoms with van der Waals surface area (Å²) in [4.78, 5) is 11.8. The van der Waals surface area contributed by atoms with Gasteiger partial charge in [0.25, 0.3) is 0 Å². The van der Waals surface area contributed by atoms with Crippen LogP contribution in [0.25, 0.3) is 11.0 Å². The molecule has 0 aliphatic rings. The third-order valence-corrected chi connectivity index (χ3v) is 2.59. The normalized spacial score (nSPS) is 10.8. The highest BCUT2D eigenvalue weighted by Gasteiger charge is 2.17. The van der Waals surface area contributed by atoms with Crippen molar-refractivity contribution in [1.82, 2.24) is 0 Å². The van der Waals surface area contributed by atoms with E-state index in [1.165, 1.54) is 0 Å². The number of furan rings is 1. The van der Waals surface area contributed by atoms with Crippen LogP contribution in [0.5, 0.6) is 0 Å². The lowest BCUT2D eigenvalue weighted by atomic mass is 10.0. The first kappa shape index (κ1) is 9.97. The van der Waals surface area contributed by atoms with E-state index < -0.39 is 0 Å². The van der Waals surface area contributed by atoms with Crippen LogP contribution >= 0.6 is 0 Å². The Morgan fingerprint density at radius 2 is 2.00 bits per heavy atom. The first-order chi connectivity index (χ1) is 7.27. The third kappa shape index (κ3) is 1.56. The molecule has 0 saturated heterocycles. The molecule has 0 unspecified atom stereocenters. The van der Waals surface area contributed by atoms with E-state index in [0.717, 1.165) is 28.7 Å². The number of Topliss-reactive ketones (excluding diaryl/α,β-unsaturated/α-hetero) is 1. The maximum Gasteiger partial charge on any atom is 0.166 e. The lowest BCUT2D eigenvalue weighted by Gasteiger charge is -1.96. The Morgan fingerprint density at radius 3 is 2.67 bits per heavy atom. The Bertz CT molecular complexity index is 494. The van der Waals surface area contributed by atoms with E-state index in [-0.39, 0.29) is 5.78 Å². The topological polar surface area (TPSA) is 30.2 Å². The van der Waals surface area contributed by atoms with Crippen LogP contribution in [-0.4, -0.2) is 5.78 Å². The summed E-state index contributed by atoms with van der Waals surface area (Å²) in [7, 11) is 0. The zero-order chi connectivity index (χ0) is 10.8. The molecule has 0 radical (unpaired) electrons. The van der Waals surface area contributed by atoms with Gasteiger partial charge < -0.3 is 4.42 Å². The van der Waals surface area contributed by atoms with Gasteiger partial charge in [-0.15, -0.1) is 0 Å². The minimum absolute atomic E-state index is 0.164. The predicted octanol–water partition coefficient (Wildman–Crippen LogP) is 3.59. The molecule has 2 rings (SSSR count). The van der Waals surface area contributed by atoms with Crippen molar-refractivity contribution in [1.29, 1.82) is 0 Å². The van der Waals surface area contributed by atoms with E-state index in [1.54, 1.807) is 0 Å². The molecule has 0 saturated carbocycles. The van der Waals surface area contributed by atoms with E-state index in [0.29, 0.717) is 6.42 Å². The summed E-state index contributed by atoms with van der Waals surface area (Å²) in [5.74, 6) is 0.972. The molecule has 78 valence electrons. The molecular formula is C13H14O2. The molecule has 0 amide bonds. The quantitative estimate of drug-likeness (QED) is 0.712. The van der Waals surface area contributed by atoms with E-state index in [4.69, 9.17) is 4.42 Å². The van der Waals surface area contributed by atoms with Gasteiger partial charge in [-0.2, -0.15) is 0 Å². The zero-order valence-electron chi connectivity index (χ0n) is 9.04. The molecule has 0 atom stereocenters. The standard InChI is InChI=1S/C13H14O2/c1-3-10(14)13-9-7-5-6-8-12(9)15-11(13)4-2/h5-8H,3-4H2,1-2H3. The average molecular weight is 202 g/mol. The molecule has 2 aromatic rings. The summed E-state index contributed by atoms with van der Waals surface area (Å²) < 4.78 is 5.65. The lowest BCUT2D eigenvalue weighted by molar-refractivity contribution is 0.0987. The molecule has 0 spiro atoms. The SMILES string of the molecule is CCC(=O)c1c(CC)oc2ccccc12. The van der Waals surface area contributed by atoms with E-state index in [1.807, 2.05) is 38.1 Å². The molecule has 0 bridgehead atoms. The second-order valence-electron chi connectivity index (χ2n) is 3.53. The summed E-state index contributed by atoms with van der Waals surface area (Å²) in [6.45, 7) is 3.88. The largest absolute Gasteiger partial charge is 0.460 e. The van der Waals surface area contributed by atoms with Gasteiger partial charge in [-0.25, -0.2) is 0 Å². The van der Waals surface area contributed by atoms with Crippen LogP contribution in [0.2, 0.25) is 0 Å². The maximum atomic E-state index is 11.8. The minimum atomic E-state index is 0.164. The van der Waals surface area contributed by atoms with Gasteiger partial charge in [0.05, 0.1) is 5.56 Å². The fraction of sp³-hybridized carbons (Fsp3) is 0.308. The first-order valence-electron chi connectivity index (χ1n) is 5.31. The summed E-state index contributed by atoms with van der Waals surface area (Å²) in [6, 6.07) is 7.71. The molecule has 2 heteroatoms. The number of para-hydroxylation sites is 1. The fourth-order valence-electron chi connectivity index (χ4n) is 1.83. The second-order valence-corrected chi connectivity index (χ2v) is 3.53. The van der Waals surface area contributed by atoms with E-state index in [2.05, 4.69) is 0 Å². The molecule has 2 nitrogen and oxygen atoms in total. The highest BCUT2D eigenvalue weighted by atomic mass is 16.3. The van der Waals surface area contributed by atoms with Gasteiger partial charge in [0.15, 0.2) is 5.78 Å². The van der Waals surface area contributed by atoms with Gasteiger partial charge in [0.2, 0.25) is 0 Å². The summed E-state index contributed by atoms with van der Waals surface area (Å²) >= 11 is 0. The Hall–Kier alpha value is -1.57. The van der Waals surface area contributed by atoms with Gasteiger partial charge in [0.1, 0.15) is 11.3 Å². The summed E-state index contributed by atoms with van der Waals surface area (Å²) in [5.41, 5.74) is 1.58. The van der Waals surface area contributed by atoms with Gasteiger partial charge in [0, 0.05) is 18.2 Å².